The predicted octanol–water partition coefficient (Wildman–Crippen LogP) is 3.36. The standard InChI is InChI=1S/C22H27N5O2/c1-28-20-11-18(12-21(13-20)29-2)24-17-7-6-10-26(14-17)15-22-23-16-27(25-22)19-8-4-3-5-9-19/h3-5,8-9,11-13,16-17,24H,6-7,10,14-15H2,1-2H3. The van der Waals surface area contributed by atoms with Crippen LogP contribution >= 0.6 is 0 Å². The molecular weight excluding hydrogens is 366 g/mol. The summed E-state index contributed by atoms with van der Waals surface area (Å²) in [7, 11) is 3.34. The predicted molar refractivity (Wildman–Crippen MR) is 113 cm³/mol. The lowest BCUT2D eigenvalue weighted by atomic mass is 10.1. The first-order valence-corrected chi connectivity index (χ1v) is 9.91. The lowest BCUT2D eigenvalue weighted by molar-refractivity contribution is 0.204. The van der Waals surface area contributed by atoms with Crippen LogP contribution in [0, 0.1) is 0 Å². The number of anilines is 1. The minimum atomic E-state index is 0.358. The second-order valence-corrected chi connectivity index (χ2v) is 7.26. The number of piperidine rings is 1. The number of hydrogen-bond donors (Lipinski definition) is 1. The molecule has 3 aromatic rings. The van der Waals surface area contributed by atoms with Crippen LogP contribution in [-0.4, -0.2) is 53.0 Å². The summed E-state index contributed by atoms with van der Waals surface area (Å²) < 4.78 is 12.6. The number of nitrogens with one attached hydrogen (secondary N) is 1. The molecule has 1 N–H and O–H groups in total. The summed E-state index contributed by atoms with van der Waals surface area (Å²) in [6.45, 7) is 2.75. The third-order valence-electron chi connectivity index (χ3n) is 5.15. The Balaban J connectivity index is 1.38. The Morgan fingerprint density at radius 2 is 1.83 bits per heavy atom. The zero-order chi connectivity index (χ0) is 20.1. The summed E-state index contributed by atoms with van der Waals surface area (Å²) in [6.07, 6.45) is 4.05. The number of nitrogens with zero attached hydrogens (tertiary/aromatic N) is 4. The van der Waals surface area contributed by atoms with Crippen molar-refractivity contribution < 1.29 is 9.47 Å². The molecule has 7 heteroatoms. The van der Waals surface area contributed by atoms with Crippen molar-refractivity contribution in [3.05, 3.63) is 60.7 Å². The topological polar surface area (TPSA) is 64.4 Å². The van der Waals surface area contributed by atoms with Crippen molar-refractivity contribution in [3.63, 3.8) is 0 Å². The van der Waals surface area contributed by atoms with Crippen molar-refractivity contribution in [2.24, 2.45) is 0 Å². The third-order valence-corrected chi connectivity index (χ3v) is 5.15. The zero-order valence-electron chi connectivity index (χ0n) is 16.9. The summed E-state index contributed by atoms with van der Waals surface area (Å²) in [6, 6.07) is 16.3. The monoisotopic (exact) mass is 393 g/mol. The Hall–Kier alpha value is -3.06. The highest BCUT2D eigenvalue weighted by atomic mass is 16.5. The average Bonchev–Trinajstić information content (AvgIpc) is 3.23. The van der Waals surface area contributed by atoms with Crippen LogP contribution in [0.15, 0.2) is 54.9 Å². The van der Waals surface area contributed by atoms with Gasteiger partial charge in [0.2, 0.25) is 0 Å². The molecule has 29 heavy (non-hydrogen) atoms. The molecule has 1 unspecified atom stereocenters. The third kappa shape index (κ3) is 4.86. The van der Waals surface area contributed by atoms with Crippen molar-refractivity contribution in [1.82, 2.24) is 19.7 Å². The van der Waals surface area contributed by atoms with Crippen LogP contribution in [0.2, 0.25) is 0 Å². The Labute approximate surface area is 171 Å². The minimum Gasteiger partial charge on any atom is -0.497 e. The largest absolute Gasteiger partial charge is 0.497 e. The molecule has 2 aromatic carbocycles. The first kappa shape index (κ1) is 19.3. The lowest BCUT2D eigenvalue weighted by Gasteiger charge is -2.33. The molecular formula is C22H27N5O2. The van der Waals surface area contributed by atoms with Crippen LogP contribution < -0.4 is 14.8 Å². The first-order valence-electron chi connectivity index (χ1n) is 9.91. The summed E-state index contributed by atoms with van der Waals surface area (Å²) in [5.74, 6) is 2.42. The zero-order valence-corrected chi connectivity index (χ0v) is 16.9. The van der Waals surface area contributed by atoms with Crippen molar-refractivity contribution in [3.8, 4) is 17.2 Å². The van der Waals surface area contributed by atoms with E-state index in [1.54, 1.807) is 20.5 Å². The summed E-state index contributed by atoms with van der Waals surface area (Å²) in [5.41, 5.74) is 2.04. The number of hydrogen-bond acceptors (Lipinski definition) is 6. The molecule has 0 amide bonds. The van der Waals surface area contributed by atoms with E-state index in [2.05, 4.69) is 20.3 Å². The molecule has 1 aromatic heterocycles. The average molecular weight is 393 g/mol. The van der Waals surface area contributed by atoms with Gasteiger partial charge in [-0.2, -0.15) is 0 Å². The van der Waals surface area contributed by atoms with Gasteiger partial charge in [-0.15, -0.1) is 5.10 Å². The van der Waals surface area contributed by atoms with Crippen LogP contribution in [-0.2, 0) is 6.54 Å². The van der Waals surface area contributed by atoms with Crippen LogP contribution in [0.3, 0.4) is 0 Å². The maximum absolute atomic E-state index is 5.38. The Morgan fingerprint density at radius 3 is 2.55 bits per heavy atom. The van der Waals surface area contributed by atoms with Crippen LogP contribution in [0.4, 0.5) is 5.69 Å². The maximum Gasteiger partial charge on any atom is 0.164 e. The van der Waals surface area contributed by atoms with Crippen LogP contribution in [0.25, 0.3) is 5.69 Å². The molecule has 0 bridgehead atoms. The molecule has 1 fully saturated rings. The van der Waals surface area contributed by atoms with Gasteiger partial charge < -0.3 is 14.8 Å². The van der Waals surface area contributed by atoms with E-state index in [0.29, 0.717) is 6.04 Å². The fourth-order valence-electron chi connectivity index (χ4n) is 3.72. The molecule has 0 radical (unpaired) electrons. The van der Waals surface area contributed by atoms with E-state index < -0.39 is 0 Å². The maximum atomic E-state index is 5.38. The molecule has 0 saturated carbocycles. The molecule has 152 valence electrons. The van der Waals surface area contributed by atoms with Crippen molar-refractivity contribution >= 4 is 5.69 Å². The quantitative estimate of drug-likeness (QED) is 0.664. The first-order chi connectivity index (χ1) is 14.2. The Morgan fingerprint density at radius 1 is 1.07 bits per heavy atom. The van der Waals surface area contributed by atoms with E-state index in [9.17, 15) is 0 Å². The van der Waals surface area contributed by atoms with Gasteiger partial charge in [0.1, 0.15) is 17.8 Å². The minimum absolute atomic E-state index is 0.358. The van der Waals surface area contributed by atoms with Crippen LogP contribution in [0.1, 0.15) is 18.7 Å². The van der Waals surface area contributed by atoms with Gasteiger partial charge >= 0.3 is 0 Å². The van der Waals surface area contributed by atoms with E-state index in [1.807, 2.05) is 53.2 Å². The highest BCUT2D eigenvalue weighted by Crippen LogP contribution is 2.27. The molecule has 2 heterocycles. The van der Waals surface area contributed by atoms with Gasteiger partial charge in [-0.3, -0.25) is 4.90 Å². The smallest absolute Gasteiger partial charge is 0.164 e. The lowest BCUT2D eigenvalue weighted by Crippen LogP contribution is -2.41. The van der Waals surface area contributed by atoms with Gasteiger partial charge in [-0.05, 0) is 31.5 Å². The van der Waals surface area contributed by atoms with Gasteiger partial charge in [0.15, 0.2) is 5.82 Å². The summed E-state index contributed by atoms with van der Waals surface area (Å²) >= 11 is 0. The summed E-state index contributed by atoms with van der Waals surface area (Å²) in [4.78, 5) is 6.90. The number of benzene rings is 2. The van der Waals surface area contributed by atoms with Crippen LogP contribution in [0.5, 0.6) is 11.5 Å². The number of rotatable bonds is 7. The van der Waals surface area contributed by atoms with Gasteiger partial charge in [-0.1, -0.05) is 18.2 Å². The number of aromatic nitrogens is 3. The van der Waals surface area contributed by atoms with E-state index in [1.165, 1.54) is 0 Å². The number of methoxy groups -OCH3 is 2. The van der Waals surface area contributed by atoms with Crippen molar-refractivity contribution in [2.45, 2.75) is 25.4 Å². The molecule has 0 aliphatic carbocycles. The second-order valence-electron chi connectivity index (χ2n) is 7.26. The van der Waals surface area contributed by atoms with E-state index in [-0.39, 0.29) is 0 Å². The molecule has 1 aliphatic heterocycles. The van der Waals surface area contributed by atoms with Crippen molar-refractivity contribution in [1.29, 1.82) is 0 Å². The number of ether oxygens (including phenoxy) is 2. The van der Waals surface area contributed by atoms with E-state index in [0.717, 1.165) is 61.2 Å². The molecule has 4 rings (SSSR count). The van der Waals surface area contributed by atoms with Gasteiger partial charge in [0.05, 0.1) is 26.5 Å². The molecule has 1 aliphatic rings. The number of likely N-dealkylation sites (tertiary alicyclic amines) is 1. The highest BCUT2D eigenvalue weighted by Gasteiger charge is 2.21. The van der Waals surface area contributed by atoms with Gasteiger partial charge in [0.25, 0.3) is 0 Å². The van der Waals surface area contributed by atoms with Gasteiger partial charge in [-0.25, -0.2) is 9.67 Å². The highest BCUT2D eigenvalue weighted by molar-refractivity contribution is 5.54. The SMILES string of the molecule is COc1cc(NC2CCCN(Cc3ncn(-c4ccccc4)n3)C2)cc(OC)c1. The van der Waals surface area contributed by atoms with E-state index >= 15 is 0 Å². The fraction of sp³-hybridized carbons (Fsp3) is 0.364. The fourth-order valence-corrected chi connectivity index (χ4v) is 3.72. The second kappa shape index (κ2) is 8.96. The molecule has 0 spiro atoms. The summed E-state index contributed by atoms with van der Waals surface area (Å²) in [5, 5.41) is 8.27. The van der Waals surface area contributed by atoms with Crippen molar-refractivity contribution in [2.75, 3.05) is 32.6 Å². The molecule has 1 atom stereocenters. The Bertz CT molecular complexity index is 906. The Kier molecular flexibility index (Phi) is 5.95. The van der Waals surface area contributed by atoms with Gasteiger partial charge in [0, 0.05) is 36.5 Å². The molecule has 1 saturated heterocycles. The van der Waals surface area contributed by atoms with E-state index in [4.69, 9.17) is 9.47 Å². The number of para-hydroxylation sites is 1. The molecule has 7 nitrogen and oxygen atoms in total. The normalized spacial score (nSPS) is 17.1.